The molecule has 1 aliphatic rings. The number of rotatable bonds is 13. The number of aliphatic hydroxyl groups is 1. The Bertz CT molecular complexity index is 2310. The van der Waals surface area contributed by atoms with Crippen molar-refractivity contribution < 1.29 is 51.8 Å². The van der Waals surface area contributed by atoms with Crippen LogP contribution in [-0.4, -0.2) is 66.3 Å². The molecule has 1 saturated heterocycles. The maximum atomic E-state index is 13.2. The predicted molar refractivity (Wildman–Crippen MR) is 184 cm³/mol. The van der Waals surface area contributed by atoms with Crippen LogP contribution in [0.4, 0.5) is 22.7 Å². The Morgan fingerprint density at radius 2 is 1.72 bits per heavy atom. The Hall–Kier alpha value is -6.19. The fraction of sp³-hybridized carbons (Fsp3) is 0.129. The minimum atomic E-state index is -4.70. The lowest BCUT2D eigenvalue weighted by molar-refractivity contribution is -0.432. The number of anilines is 1. The molecule has 3 amide bonds. The summed E-state index contributed by atoms with van der Waals surface area (Å²) in [5.74, 6) is -2.37. The van der Waals surface area contributed by atoms with Crippen molar-refractivity contribution in [1.82, 2.24) is 10.6 Å². The van der Waals surface area contributed by atoms with E-state index >= 15 is 0 Å². The van der Waals surface area contributed by atoms with Gasteiger partial charge < -0.3 is 15.2 Å². The summed E-state index contributed by atoms with van der Waals surface area (Å²) in [6, 6.07) is 14.4. The molecule has 1 fully saturated rings. The highest BCUT2D eigenvalue weighted by molar-refractivity contribution is 7.94. The average molecular weight is 764 g/mol. The van der Waals surface area contributed by atoms with Crippen LogP contribution in [0.1, 0.15) is 15.9 Å². The third kappa shape index (κ3) is 9.58. The number of nitrogens with one attached hydrogen (secondary N) is 3. The number of carbonyl (C=O) groups is 3. The second-order valence-electron chi connectivity index (χ2n) is 10.6. The Kier molecular flexibility index (Phi) is 12.1. The van der Waals surface area contributed by atoms with Crippen LogP contribution >= 0.6 is 12.0 Å². The summed E-state index contributed by atoms with van der Waals surface area (Å²) in [6.45, 7) is 1.24. The molecule has 6 N–H and O–H groups in total. The topological polar surface area (TPSA) is 295 Å². The van der Waals surface area contributed by atoms with E-state index in [4.69, 9.17) is 15.3 Å². The van der Waals surface area contributed by atoms with E-state index in [9.17, 15) is 32.5 Å². The number of aliphatic imine (C=N–C) groups is 1. The number of azo groups is 2. The molecule has 5 rings (SSSR count). The zero-order valence-corrected chi connectivity index (χ0v) is 28.6. The van der Waals surface area contributed by atoms with Gasteiger partial charge in [-0.2, -0.15) is 34.1 Å². The van der Waals surface area contributed by atoms with E-state index < -0.39 is 38.8 Å². The molecule has 0 radical (unpaired) electrons. The summed E-state index contributed by atoms with van der Waals surface area (Å²) in [4.78, 5) is 40.5. The van der Waals surface area contributed by atoms with E-state index in [1.165, 1.54) is 54.7 Å². The lowest BCUT2D eigenvalue weighted by Gasteiger charge is -2.18. The van der Waals surface area contributed by atoms with Crippen molar-refractivity contribution >= 4 is 79.4 Å². The highest BCUT2D eigenvalue weighted by Crippen LogP contribution is 2.36. The Morgan fingerprint density at radius 1 is 1.00 bits per heavy atom. The van der Waals surface area contributed by atoms with Crippen molar-refractivity contribution in [3.8, 4) is 11.9 Å². The Balaban J connectivity index is 1.33. The SMILES string of the molecule is Cc1cc(NC(=O)c2ccc(/N=N/C3C(=O)NC(=NC#N)NC3=O)cc2)c(OCCO)cc1/N=N/c1ccc2cc(SOOO)cc(S(=O)(=O)O)c2c1. The van der Waals surface area contributed by atoms with Gasteiger partial charge in [-0.3, -0.25) is 29.6 Å². The number of fused-ring (bicyclic) bond motifs is 1. The smallest absolute Gasteiger partial charge is 0.295 e. The molecule has 0 unspecified atom stereocenters. The molecule has 0 bridgehead atoms. The van der Waals surface area contributed by atoms with Crippen LogP contribution < -0.4 is 20.7 Å². The molecule has 0 saturated carbocycles. The van der Waals surface area contributed by atoms with Gasteiger partial charge in [-0.1, -0.05) is 11.1 Å². The first-order valence-electron chi connectivity index (χ1n) is 14.8. The number of hydrogen-bond acceptors (Lipinski definition) is 17. The summed E-state index contributed by atoms with van der Waals surface area (Å²) in [5.41, 5.74) is 1.74. The van der Waals surface area contributed by atoms with E-state index in [1.54, 1.807) is 19.1 Å². The second kappa shape index (κ2) is 16.9. The summed E-state index contributed by atoms with van der Waals surface area (Å²) in [5, 5.41) is 53.7. The number of amides is 3. The van der Waals surface area contributed by atoms with Gasteiger partial charge in [0.2, 0.25) is 18.2 Å². The molecule has 0 spiro atoms. The van der Waals surface area contributed by atoms with Crippen molar-refractivity contribution in [1.29, 1.82) is 5.26 Å². The Labute approximate surface area is 303 Å². The van der Waals surface area contributed by atoms with E-state index in [0.29, 0.717) is 28.7 Å². The van der Waals surface area contributed by atoms with Crippen molar-refractivity contribution in [2.24, 2.45) is 25.4 Å². The average Bonchev–Trinajstić information content (AvgIpc) is 3.12. The van der Waals surface area contributed by atoms with Crippen LogP contribution in [0.2, 0.25) is 0 Å². The number of aliphatic hydroxyl groups excluding tert-OH is 1. The van der Waals surface area contributed by atoms with Gasteiger partial charge in [0, 0.05) is 21.9 Å². The van der Waals surface area contributed by atoms with Crippen molar-refractivity contribution in [3.63, 3.8) is 0 Å². The molecule has 4 aromatic rings. The lowest BCUT2D eigenvalue weighted by Crippen LogP contribution is -2.58. The van der Waals surface area contributed by atoms with Crippen molar-refractivity contribution in [3.05, 3.63) is 77.9 Å². The number of benzene rings is 4. The van der Waals surface area contributed by atoms with Crippen LogP contribution in [0.25, 0.3) is 10.8 Å². The first-order valence-corrected chi connectivity index (χ1v) is 17.0. The molecular weight excluding hydrogens is 739 g/mol. The standard InChI is InChI=1S/C31H25N9O11S2/c1-16-10-24(34-28(42)17-2-5-19(6-3-17)37-40-27-29(43)35-31(33-15-32)36-30(27)44)25(49-9-8-41)14-23(16)39-38-20-7-4-18-11-21(52-51-50-45)13-26(22(18)12-20)53(46,47)48/h2-7,10-14,27,41,45H,8-9H2,1H3,(H,34,42)(H,46,47,48)(H2,33,35,36,43,44)/b39-38+,40-37+. The number of ether oxygens (including phenoxy) is 1. The first-order chi connectivity index (χ1) is 25.4. The van der Waals surface area contributed by atoms with Crippen LogP contribution in [-0.2, 0) is 29.1 Å². The molecule has 0 atom stereocenters. The third-order valence-electron chi connectivity index (χ3n) is 7.04. The molecule has 272 valence electrons. The van der Waals surface area contributed by atoms with Gasteiger partial charge in [0.05, 0.1) is 41.4 Å². The summed E-state index contributed by atoms with van der Waals surface area (Å²) in [6.07, 6.45) is 1.44. The van der Waals surface area contributed by atoms with E-state index in [1.807, 2.05) is 0 Å². The largest absolute Gasteiger partial charge is 0.489 e. The molecular formula is C31H25N9O11S2. The van der Waals surface area contributed by atoms with E-state index in [-0.39, 0.29) is 57.8 Å². The fourth-order valence-electron chi connectivity index (χ4n) is 4.66. The van der Waals surface area contributed by atoms with Crippen LogP contribution in [0, 0.1) is 18.4 Å². The highest BCUT2D eigenvalue weighted by Gasteiger charge is 2.33. The lowest BCUT2D eigenvalue weighted by atomic mass is 10.1. The number of guanidine groups is 1. The molecule has 1 aliphatic heterocycles. The van der Waals surface area contributed by atoms with Crippen LogP contribution in [0.5, 0.6) is 5.75 Å². The Morgan fingerprint density at radius 3 is 2.38 bits per heavy atom. The van der Waals surface area contributed by atoms with Gasteiger partial charge in [0.1, 0.15) is 17.3 Å². The van der Waals surface area contributed by atoms with Gasteiger partial charge in [-0.15, -0.1) is 9.33 Å². The maximum absolute atomic E-state index is 13.2. The molecule has 53 heavy (non-hydrogen) atoms. The minimum absolute atomic E-state index is 0.121. The third-order valence-corrected chi connectivity index (χ3v) is 8.49. The van der Waals surface area contributed by atoms with Gasteiger partial charge in [-0.05, 0) is 72.5 Å². The normalized spacial score (nSPS) is 14.6. The highest BCUT2D eigenvalue weighted by atomic mass is 32.2. The fourth-order valence-corrected chi connectivity index (χ4v) is 5.92. The number of carbonyl (C=O) groups excluding carboxylic acids is 3. The number of hydrogen-bond donors (Lipinski definition) is 6. The van der Waals surface area contributed by atoms with E-state index in [2.05, 4.69) is 50.8 Å². The summed E-state index contributed by atoms with van der Waals surface area (Å²) >= 11 is 0.515. The molecule has 20 nitrogen and oxygen atoms in total. The summed E-state index contributed by atoms with van der Waals surface area (Å²) in [7, 11) is -4.70. The zero-order valence-electron chi connectivity index (χ0n) is 26.9. The number of nitrogens with zero attached hydrogens (tertiary/aromatic N) is 6. The first kappa shape index (κ1) is 38.1. The molecule has 0 aliphatic carbocycles. The van der Waals surface area contributed by atoms with E-state index in [0.717, 1.165) is 6.07 Å². The maximum Gasteiger partial charge on any atom is 0.295 e. The van der Waals surface area contributed by atoms with Gasteiger partial charge in [0.25, 0.3) is 27.8 Å². The number of nitriles is 1. The second-order valence-corrected chi connectivity index (χ2v) is 12.8. The molecule has 1 heterocycles. The minimum Gasteiger partial charge on any atom is -0.489 e. The number of aryl methyl sites for hydroxylation is 1. The molecule has 0 aromatic heterocycles. The predicted octanol–water partition coefficient (Wildman–Crippen LogP) is 4.40. The quantitative estimate of drug-likeness (QED) is 0.0210. The summed E-state index contributed by atoms with van der Waals surface area (Å²) < 4.78 is 44.1. The molecule has 22 heteroatoms. The monoisotopic (exact) mass is 763 g/mol. The van der Waals surface area contributed by atoms with Gasteiger partial charge in [0.15, 0.2) is 0 Å². The van der Waals surface area contributed by atoms with Crippen molar-refractivity contribution in [2.75, 3.05) is 18.5 Å². The van der Waals surface area contributed by atoms with Crippen LogP contribution in [0.3, 0.4) is 0 Å². The van der Waals surface area contributed by atoms with Gasteiger partial charge in [-0.25, -0.2) is 5.26 Å². The van der Waals surface area contributed by atoms with Crippen LogP contribution in [0.15, 0.2) is 102 Å². The van der Waals surface area contributed by atoms with Crippen molar-refractivity contribution in [2.45, 2.75) is 22.8 Å². The van der Waals surface area contributed by atoms with Gasteiger partial charge >= 0.3 is 0 Å². The zero-order chi connectivity index (χ0) is 38.1. The molecule has 4 aromatic carbocycles.